The summed E-state index contributed by atoms with van der Waals surface area (Å²) in [6, 6.07) is 19.1. The van der Waals surface area contributed by atoms with Gasteiger partial charge in [-0.2, -0.15) is 10.2 Å². The van der Waals surface area contributed by atoms with E-state index < -0.39 is 17.7 Å². The van der Waals surface area contributed by atoms with Gasteiger partial charge in [-0.15, -0.1) is 4.80 Å². The van der Waals surface area contributed by atoms with Crippen LogP contribution in [-0.4, -0.2) is 44.4 Å². The molecule has 0 bridgehead atoms. The average Bonchev–Trinajstić information content (AvgIpc) is 3.02. The third-order valence-corrected chi connectivity index (χ3v) is 6.27. The van der Waals surface area contributed by atoms with Gasteiger partial charge in [0.05, 0.1) is 5.69 Å². The van der Waals surface area contributed by atoms with Crippen LogP contribution in [0.15, 0.2) is 84.6 Å². The summed E-state index contributed by atoms with van der Waals surface area (Å²) >= 11 is 0. The van der Waals surface area contributed by atoms with E-state index in [0.717, 1.165) is 28.1 Å². The molecule has 41 heavy (non-hydrogen) atoms. The predicted molar refractivity (Wildman–Crippen MR) is 157 cm³/mol. The Morgan fingerprint density at radius 3 is 2.39 bits per heavy atom. The van der Waals surface area contributed by atoms with Crippen LogP contribution in [0.2, 0.25) is 0 Å². The second-order valence-electron chi connectivity index (χ2n) is 10.1. The first-order chi connectivity index (χ1) is 19.6. The molecule has 1 fully saturated rings. The molecule has 9 heteroatoms. The number of rotatable bonds is 7. The number of ether oxygens (including phenoxy) is 2. The molecular weight excluding hydrogens is 520 g/mol. The number of phenolic OH excluding ortho intramolecular Hbond substituents is 1. The Balaban J connectivity index is 1.54. The van der Waals surface area contributed by atoms with Crippen molar-refractivity contribution in [3.05, 3.63) is 107 Å². The number of aromatic nitrogens is 3. The summed E-state index contributed by atoms with van der Waals surface area (Å²) < 4.78 is 10.2. The standard InChI is InChI=1S/C32H34N4O5/c1-6-35(21-25-19-22(2)20-28(29(25)37)36-33-18-9-7-8-11-23(3)34-36)26-16-14-24(15-17-26)12-10-13-27-30(38)40-32(4,5)41-31(27)39/h7-20,37H,6,21H2,1-5H3/b9-7?,11-8?,12-10+,33-18?,34-23?. The Morgan fingerprint density at radius 2 is 1.71 bits per heavy atom. The summed E-state index contributed by atoms with van der Waals surface area (Å²) in [7, 11) is 0. The number of carbonyl (C=O) groups excluding carboxylic acids is 2. The minimum atomic E-state index is -1.27. The van der Waals surface area contributed by atoms with E-state index in [1.807, 2.05) is 68.4 Å². The van der Waals surface area contributed by atoms with Crippen molar-refractivity contribution in [1.82, 2.24) is 15.0 Å². The molecule has 2 aromatic carbocycles. The molecule has 1 N–H and O–H groups in total. The van der Waals surface area contributed by atoms with Gasteiger partial charge in [-0.25, -0.2) is 9.59 Å². The number of nitrogens with zero attached hydrogens (tertiary/aromatic N) is 4. The lowest BCUT2D eigenvalue weighted by Crippen LogP contribution is -2.41. The topological polar surface area (TPSA) is 107 Å². The normalized spacial score (nSPS) is 14.3. The number of hydrogen-bond donors (Lipinski definition) is 1. The van der Waals surface area contributed by atoms with Crippen LogP contribution in [0.5, 0.6) is 5.75 Å². The maximum Gasteiger partial charge on any atom is 0.348 e. The van der Waals surface area contributed by atoms with Crippen LogP contribution in [0.3, 0.4) is 0 Å². The molecule has 0 unspecified atom stereocenters. The molecule has 1 aromatic heterocycles. The van der Waals surface area contributed by atoms with Gasteiger partial charge in [-0.3, -0.25) is 0 Å². The largest absolute Gasteiger partial charge is 0.505 e. The van der Waals surface area contributed by atoms with Crippen molar-refractivity contribution in [2.75, 3.05) is 11.4 Å². The third-order valence-electron chi connectivity index (χ3n) is 6.27. The van der Waals surface area contributed by atoms with E-state index in [1.165, 1.54) is 24.7 Å². The molecular formula is C32H34N4O5. The molecule has 9 nitrogen and oxygen atoms in total. The highest BCUT2D eigenvalue weighted by Crippen LogP contribution is 2.30. The van der Waals surface area contributed by atoms with Crippen molar-refractivity contribution < 1.29 is 24.2 Å². The molecule has 2 heterocycles. The lowest BCUT2D eigenvalue weighted by atomic mass is 10.1. The van der Waals surface area contributed by atoms with E-state index >= 15 is 0 Å². The van der Waals surface area contributed by atoms with Gasteiger partial charge in [0.1, 0.15) is 17.0 Å². The second kappa shape index (κ2) is 12.5. The first-order valence-corrected chi connectivity index (χ1v) is 13.3. The Hall–Kier alpha value is -4.92. The van der Waals surface area contributed by atoms with E-state index in [0.29, 0.717) is 18.8 Å². The molecule has 1 aliphatic rings. The van der Waals surface area contributed by atoms with Gasteiger partial charge in [0.25, 0.3) is 5.79 Å². The van der Waals surface area contributed by atoms with Crippen LogP contribution in [0.4, 0.5) is 5.69 Å². The Morgan fingerprint density at radius 1 is 1.00 bits per heavy atom. The molecule has 0 spiro atoms. The SMILES string of the molecule is CCN(Cc1cc(C)cc(-n2ncccccc(C)n2)c1O)c1ccc(/C=C/C=C2C(=O)OC(C)(C)OC2=O)cc1. The number of aryl methyl sites for hydroxylation is 2. The van der Waals surface area contributed by atoms with Crippen molar-refractivity contribution in [3.63, 3.8) is 0 Å². The minimum Gasteiger partial charge on any atom is -0.505 e. The van der Waals surface area contributed by atoms with E-state index in [1.54, 1.807) is 24.4 Å². The van der Waals surface area contributed by atoms with Gasteiger partial charge in [-0.05, 0) is 68.3 Å². The van der Waals surface area contributed by atoms with Crippen molar-refractivity contribution in [3.8, 4) is 11.4 Å². The zero-order chi connectivity index (χ0) is 29.6. The first-order valence-electron chi connectivity index (χ1n) is 13.3. The van der Waals surface area contributed by atoms with Crippen LogP contribution in [0, 0.1) is 13.8 Å². The number of allylic oxidation sites excluding steroid dienone is 2. The fraction of sp³-hybridized carbons (Fsp3) is 0.250. The first kappa shape index (κ1) is 29.1. The molecule has 1 aliphatic heterocycles. The van der Waals surface area contributed by atoms with Gasteiger partial charge in [0, 0.05) is 44.4 Å². The van der Waals surface area contributed by atoms with Crippen molar-refractivity contribution in [2.45, 2.75) is 47.0 Å². The molecule has 4 rings (SSSR count). The van der Waals surface area contributed by atoms with Crippen LogP contribution in [0.25, 0.3) is 11.8 Å². The smallest absolute Gasteiger partial charge is 0.348 e. The van der Waals surface area contributed by atoms with E-state index in [2.05, 4.69) is 22.0 Å². The molecule has 0 aliphatic carbocycles. The molecule has 0 amide bonds. The Kier molecular flexibility index (Phi) is 8.87. The number of phenols is 1. The number of cyclic esters (lactones) is 2. The molecule has 3 aromatic rings. The highest BCUT2D eigenvalue weighted by atomic mass is 16.7. The van der Waals surface area contributed by atoms with Crippen molar-refractivity contribution in [1.29, 1.82) is 0 Å². The zero-order valence-electron chi connectivity index (χ0n) is 23.9. The number of carbonyl (C=O) groups is 2. The fourth-order valence-electron chi connectivity index (χ4n) is 4.28. The van der Waals surface area contributed by atoms with E-state index in [4.69, 9.17) is 9.47 Å². The van der Waals surface area contributed by atoms with E-state index in [9.17, 15) is 14.7 Å². The lowest BCUT2D eigenvalue weighted by molar-refractivity contribution is -0.222. The number of anilines is 1. The van der Waals surface area contributed by atoms with Gasteiger partial charge in [-0.1, -0.05) is 42.5 Å². The summed E-state index contributed by atoms with van der Waals surface area (Å²) in [5, 5.41) is 20.2. The Labute approximate surface area is 239 Å². The summed E-state index contributed by atoms with van der Waals surface area (Å²) in [6.45, 7) is 10.1. The van der Waals surface area contributed by atoms with Gasteiger partial charge < -0.3 is 19.5 Å². The predicted octanol–water partition coefficient (Wildman–Crippen LogP) is 5.52. The highest BCUT2D eigenvalue weighted by Gasteiger charge is 2.38. The minimum absolute atomic E-state index is 0.116. The van der Waals surface area contributed by atoms with Crippen LogP contribution in [-0.2, 0) is 25.6 Å². The fourth-order valence-corrected chi connectivity index (χ4v) is 4.28. The number of hydrogen-bond acceptors (Lipinski definition) is 8. The summed E-state index contributed by atoms with van der Waals surface area (Å²) in [4.78, 5) is 27.8. The molecule has 0 saturated carbocycles. The van der Waals surface area contributed by atoms with Crippen molar-refractivity contribution in [2.24, 2.45) is 0 Å². The van der Waals surface area contributed by atoms with Crippen LogP contribution < -0.4 is 4.90 Å². The summed E-state index contributed by atoms with van der Waals surface area (Å²) in [5.41, 5.74) is 4.66. The van der Waals surface area contributed by atoms with E-state index in [-0.39, 0.29) is 11.3 Å². The number of esters is 2. The van der Waals surface area contributed by atoms with Crippen LogP contribution in [0.1, 0.15) is 43.2 Å². The lowest BCUT2D eigenvalue weighted by Gasteiger charge is -2.29. The molecule has 0 radical (unpaired) electrons. The van der Waals surface area contributed by atoms with Crippen LogP contribution >= 0.6 is 0 Å². The highest BCUT2D eigenvalue weighted by molar-refractivity contribution is 6.15. The third kappa shape index (κ3) is 7.39. The van der Waals surface area contributed by atoms with Gasteiger partial charge >= 0.3 is 11.9 Å². The maximum atomic E-state index is 12.1. The summed E-state index contributed by atoms with van der Waals surface area (Å²) in [6.07, 6.45) is 6.41. The van der Waals surface area contributed by atoms with Gasteiger partial charge in [0.2, 0.25) is 0 Å². The summed E-state index contributed by atoms with van der Waals surface area (Å²) in [5.74, 6) is -2.58. The molecule has 212 valence electrons. The monoisotopic (exact) mass is 554 g/mol. The maximum absolute atomic E-state index is 12.1. The number of aromatic hydroxyl groups is 1. The second-order valence-corrected chi connectivity index (χ2v) is 10.1. The average molecular weight is 555 g/mol. The van der Waals surface area contributed by atoms with Gasteiger partial charge in [0.15, 0.2) is 0 Å². The van der Waals surface area contributed by atoms with Crippen molar-refractivity contribution >= 4 is 23.7 Å². The Bertz CT molecular complexity index is 1530. The quantitative estimate of drug-likeness (QED) is 0.231. The molecule has 1 saturated heterocycles. The number of benzene rings is 2. The zero-order valence-corrected chi connectivity index (χ0v) is 23.9. The molecule has 0 atom stereocenters.